The molecule has 1 aromatic heterocycles. The van der Waals surface area contributed by atoms with Gasteiger partial charge in [0.25, 0.3) is 0 Å². The van der Waals surface area contributed by atoms with E-state index in [2.05, 4.69) is 36.2 Å². The standard InChI is InChI=1S/C14H18N2S/c1-11-5-2-3-6-12(11)9-14-16-10-13(17-14)7-4-8-15/h2-3,5-6,10H,4,7-9,15H2,1H3. The Hall–Kier alpha value is -1.19. The van der Waals surface area contributed by atoms with Gasteiger partial charge in [-0.1, -0.05) is 24.3 Å². The zero-order valence-electron chi connectivity index (χ0n) is 10.1. The lowest BCUT2D eigenvalue weighted by Crippen LogP contribution is -1.99. The van der Waals surface area contributed by atoms with Gasteiger partial charge in [0, 0.05) is 17.5 Å². The second-order valence-electron chi connectivity index (χ2n) is 4.22. The van der Waals surface area contributed by atoms with Crippen LogP contribution in [-0.4, -0.2) is 11.5 Å². The zero-order valence-corrected chi connectivity index (χ0v) is 11.0. The molecule has 0 unspecified atom stereocenters. The van der Waals surface area contributed by atoms with Gasteiger partial charge in [-0.05, 0) is 37.4 Å². The number of aryl methyl sites for hydroxylation is 2. The van der Waals surface area contributed by atoms with Crippen LogP contribution in [0.1, 0.15) is 27.4 Å². The van der Waals surface area contributed by atoms with Crippen molar-refractivity contribution in [2.45, 2.75) is 26.2 Å². The highest BCUT2D eigenvalue weighted by Crippen LogP contribution is 2.19. The minimum atomic E-state index is 0.755. The summed E-state index contributed by atoms with van der Waals surface area (Å²) in [6.07, 6.45) is 5.04. The molecule has 0 fully saturated rings. The molecule has 90 valence electrons. The predicted molar refractivity (Wildman–Crippen MR) is 73.5 cm³/mol. The Morgan fingerprint density at radius 3 is 2.88 bits per heavy atom. The average Bonchev–Trinajstić information content (AvgIpc) is 2.77. The molecule has 1 aromatic carbocycles. The second kappa shape index (κ2) is 5.94. The number of benzene rings is 1. The quantitative estimate of drug-likeness (QED) is 0.881. The van der Waals surface area contributed by atoms with Crippen molar-refractivity contribution in [1.29, 1.82) is 0 Å². The molecule has 0 radical (unpaired) electrons. The van der Waals surface area contributed by atoms with Crippen molar-refractivity contribution < 1.29 is 0 Å². The summed E-state index contributed by atoms with van der Waals surface area (Å²) < 4.78 is 0. The van der Waals surface area contributed by atoms with E-state index < -0.39 is 0 Å². The van der Waals surface area contributed by atoms with E-state index in [0.29, 0.717) is 0 Å². The highest BCUT2D eigenvalue weighted by atomic mass is 32.1. The molecule has 1 heterocycles. The van der Waals surface area contributed by atoms with E-state index in [-0.39, 0.29) is 0 Å². The average molecular weight is 246 g/mol. The lowest BCUT2D eigenvalue weighted by molar-refractivity contribution is 0.841. The van der Waals surface area contributed by atoms with Crippen LogP contribution < -0.4 is 5.73 Å². The summed E-state index contributed by atoms with van der Waals surface area (Å²) in [4.78, 5) is 5.83. The summed E-state index contributed by atoms with van der Waals surface area (Å²) in [5, 5.41) is 1.20. The molecule has 2 rings (SSSR count). The highest BCUT2D eigenvalue weighted by molar-refractivity contribution is 7.11. The summed E-state index contributed by atoms with van der Waals surface area (Å²) in [7, 11) is 0. The van der Waals surface area contributed by atoms with Gasteiger partial charge in [0.05, 0.1) is 5.01 Å². The lowest BCUT2D eigenvalue weighted by atomic mass is 10.1. The molecular weight excluding hydrogens is 228 g/mol. The molecule has 0 aliphatic rings. The minimum Gasteiger partial charge on any atom is -0.330 e. The second-order valence-corrected chi connectivity index (χ2v) is 5.42. The fraction of sp³-hybridized carbons (Fsp3) is 0.357. The van der Waals surface area contributed by atoms with Crippen LogP contribution in [0.5, 0.6) is 0 Å². The van der Waals surface area contributed by atoms with E-state index in [1.165, 1.54) is 21.0 Å². The van der Waals surface area contributed by atoms with Crippen molar-refractivity contribution in [1.82, 2.24) is 4.98 Å². The molecule has 0 aliphatic carbocycles. The van der Waals surface area contributed by atoms with Crippen molar-refractivity contribution in [2.24, 2.45) is 5.73 Å². The largest absolute Gasteiger partial charge is 0.330 e. The van der Waals surface area contributed by atoms with Crippen LogP contribution in [0.25, 0.3) is 0 Å². The molecule has 2 aromatic rings. The number of aromatic nitrogens is 1. The Labute approximate surface area is 107 Å². The van der Waals surface area contributed by atoms with Crippen LogP contribution in [0.3, 0.4) is 0 Å². The van der Waals surface area contributed by atoms with Gasteiger partial charge in [-0.15, -0.1) is 11.3 Å². The van der Waals surface area contributed by atoms with Crippen LogP contribution in [-0.2, 0) is 12.8 Å². The summed E-state index contributed by atoms with van der Waals surface area (Å²) in [5.41, 5.74) is 8.22. The zero-order chi connectivity index (χ0) is 12.1. The molecule has 0 atom stereocenters. The Morgan fingerprint density at radius 1 is 1.29 bits per heavy atom. The first-order valence-corrected chi connectivity index (χ1v) is 6.79. The monoisotopic (exact) mass is 246 g/mol. The van der Waals surface area contributed by atoms with E-state index in [4.69, 9.17) is 5.73 Å². The summed E-state index contributed by atoms with van der Waals surface area (Å²) in [5.74, 6) is 0. The molecule has 0 saturated carbocycles. The molecular formula is C14H18N2S. The topological polar surface area (TPSA) is 38.9 Å². The molecule has 3 heteroatoms. The first-order valence-electron chi connectivity index (χ1n) is 5.97. The Kier molecular flexibility index (Phi) is 4.29. The maximum absolute atomic E-state index is 5.51. The summed E-state index contributed by atoms with van der Waals surface area (Å²) >= 11 is 1.81. The van der Waals surface area contributed by atoms with Crippen molar-refractivity contribution >= 4 is 11.3 Å². The van der Waals surface area contributed by atoms with Gasteiger partial charge in [0.1, 0.15) is 0 Å². The predicted octanol–water partition coefficient (Wildman–Crippen LogP) is 2.93. The normalized spacial score (nSPS) is 10.7. The van der Waals surface area contributed by atoms with E-state index in [9.17, 15) is 0 Å². The smallest absolute Gasteiger partial charge is 0.0971 e. The first kappa shape index (κ1) is 12.3. The van der Waals surface area contributed by atoms with Crippen LogP contribution in [0.4, 0.5) is 0 Å². The van der Waals surface area contributed by atoms with Crippen molar-refractivity contribution in [3.63, 3.8) is 0 Å². The number of rotatable bonds is 5. The molecule has 2 N–H and O–H groups in total. The molecule has 17 heavy (non-hydrogen) atoms. The summed E-state index contributed by atoms with van der Waals surface area (Å²) in [6.45, 7) is 2.91. The van der Waals surface area contributed by atoms with Gasteiger partial charge in [-0.2, -0.15) is 0 Å². The minimum absolute atomic E-state index is 0.755. The molecule has 0 saturated heterocycles. The number of thiazole rings is 1. The molecule has 0 bridgehead atoms. The third-order valence-corrected chi connectivity index (χ3v) is 3.89. The number of nitrogens with two attached hydrogens (primary N) is 1. The SMILES string of the molecule is Cc1ccccc1Cc1ncc(CCCN)s1. The van der Waals surface area contributed by atoms with Gasteiger partial charge in [0.2, 0.25) is 0 Å². The Balaban J connectivity index is 2.04. The Bertz CT molecular complexity index is 477. The van der Waals surface area contributed by atoms with E-state index in [1.807, 2.05) is 17.5 Å². The third kappa shape index (κ3) is 3.38. The summed E-state index contributed by atoms with van der Waals surface area (Å²) in [6, 6.07) is 8.49. The van der Waals surface area contributed by atoms with Crippen LogP contribution in [0.15, 0.2) is 30.5 Å². The van der Waals surface area contributed by atoms with Gasteiger partial charge < -0.3 is 5.73 Å². The Morgan fingerprint density at radius 2 is 2.12 bits per heavy atom. The van der Waals surface area contributed by atoms with Crippen molar-refractivity contribution in [3.8, 4) is 0 Å². The van der Waals surface area contributed by atoms with Gasteiger partial charge in [-0.25, -0.2) is 4.98 Å². The maximum atomic E-state index is 5.51. The number of nitrogens with zero attached hydrogens (tertiary/aromatic N) is 1. The van der Waals surface area contributed by atoms with Gasteiger partial charge in [-0.3, -0.25) is 0 Å². The van der Waals surface area contributed by atoms with Crippen LogP contribution in [0.2, 0.25) is 0 Å². The van der Waals surface area contributed by atoms with Crippen LogP contribution in [0, 0.1) is 6.92 Å². The van der Waals surface area contributed by atoms with Crippen molar-refractivity contribution in [3.05, 3.63) is 51.5 Å². The van der Waals surface area contributed by atoms with E-state index in [1.54, 1.807) is 0 Å². The maximum Gasteiger partial charge on any atom is 0.0971 e. The third-order valence-electron chi connectivity index (χ3n) is 2.83. The van der Waals surface area contributed by atoms with E-state index in [0.717, 1.165) is 25.8 Å². The molecule has 0 amide bonds. The highest BCUT2D eigenvalue weighted by Gasteiger charge is 2.04. The van der Waals surface area contributed by atoms with Crippen LogP contribution >= 0.6 is 11.3 Å². The number of hydrogen-bond acceptors (Lipinski definition) is 3. The van der Waals surface area contributed by atoms with Crippen molar-refractivity contribution in [2.75, 3.05) is 6.54 Å². The first-order chi connectivity index (χ1) is 8.29. The fourth-order valence-electron chi connectivity index (χ4n) is 1.79. The number of hydrogen-bond donors (Lipinski definition) is 1. The van der Waals surface area contributed by atoms with E-state index >= 15 is 0 Å². The lowest BCUT2D eigenvalue weighted by Gasteiger charge is -2.01. The molecule has 0 aliphatic heterocycles. The van der Waals surface area contributed by atoms with Gasteiger partial charge >= 0.3 is 0 Å². The fourth-order valence-corrected chi connectivity index (χ4v) is 2.78. The van der Waals surface area contributed by atoms with Gasteiger partial charge in [0.15, 0.2) is 0 Å². The molecule has 2 nitrogen and oxygen atoms in total. The molecule has 0 spiro atoms.